The van der Waals surface area contributed by atoms with Gasteiger partial charge in [0.05, 0.1) is 11.6 Å². The first-order valence-corrected chi connectivity index (χ1v) is 9.50. The zero-order chi connectivity index (χ0) is 16.9. The summed E-state index contributed by atoms with van der Waals surface area (Å²) in [5.74, 6) is -2.05. The molecule has 0 amide bonds. The van der Waals surface area contributed by atoms with Crippen LogP contribution in [0, 0.1) is 0 Å². The van der Waals surface area contributed by atoms with Gasteiger partial charge in [0.1, 0.15) is 0 Å². The van der Waals surface area contributed by atoms with E-state index in [0.29, 0.717) is 12.0 Å². The molecule has 5 heteroatoms. The Balaban J connectivity index is 2.35. The van der Waals surface area contributed by atoms with Gasteiger partial charge in [0.15, 0.2) is 0 Å². The monoisotopic (exact) mass is 332 g/mol. The molecule has 3 unspecified atom stereocenters. The number of benzene rings is 2. The zero-order valence-corrected chi connectivity index (χ0v) is 13.9. The van der Waals surface area contributed by atoms with Crippen LogP contribution in [0.15, 0.2) is 60.7 Å². The summed E-state index contributed by atoms with van der Waals surface area (Å²) in [4.78, 5) is 22.4. The van der Waals surface area contributed by atoms with Gasteiger partial charge in [0, 0.05) is 6.16 Å². The Morgan fingerprint density at radius 2 is 1.57 bits per heavy atom. The molecule has 0 aliphatic carbocycles. The predicted octanol–water partition coefficient (Wildman–Crippen LogP) is 4.10. The van der Waals surface area contributed by atoms with Crippen LogP contribution in [-0.4, -0.2) is 21.6 Å². The topological polar surface area (TPSA) is 74.6 Å². The van der Waals surface area contributed by atoms with Crippen molar-refractivity contribution < 1.29 is 19.4 Å². The van der Waals surface area contributed by atoms with Crippen LogP contribution in [-0.2, 0) is 15.5 Å². The second-order valence-electron chi connectivity index (χ2n) is 5.60. The van der Waals surface area contributed by atoms with Gasteiger partial charge in [-0.25, -0.2) is 0 Å². The Hall–Kier alpha value is -1.90. The average Bonchev–Trinajstić information content (AvgIpc) is 2.53. The Labute approximate surface area is 136 Å². The van der Waals surface area contributed by atoms with E-state index in [9.17, 15) is 19.4 Å². The maximum atomic E-state index is 12.9. The van der Waals surface area contributed by atoms with Gasteiger partial charge in [-0.2, -0.15) is 0 Å². The molecule has 3 atom stereocenters. The van der Waals surface area contributed by atoms with E-state index < -0.39 is 24.9 Å². The highest BCUT2D eigenvalue weighted by Crippen LogP contribution is 2.55. The van der Waals surface area contributed by atoms with Crippen molar-refractivity contribution >= 4 is 13.3 Å². The molecule has 0 heterocycles. The summed E-state index contributed by atoms with van der Waals surface area (Å²) >= 11 is 0. The molecule has 0 spiro atoms. The standard InChI is InChI=1S/C18H21O4P/c1-2-16(17(18(19)20)15-11-7-4-8-12-15)23(21,22)13-14-9-5-3-6-10-14/h3-12,16-17H,2,13H2,1H3,(H,19,20)(H,21,22). The Morgan fingerprint density at radius 1 is 1.04 bits per heavy atom. The molecule has 0 radical (unpaired) electrons. The molecule has 0 bridgehead atoms. The summed E-state index contributed by atoms with van der Waals surface area (Å²) in [7, 11) is -3.68. The van der Waals surface area contributed by atoms with Crippen LogP contribution in [0.3, 0.4) is 0 Å². The molecule has 2 N–H and O–H groups in total. The normalized spacial score (nSPS) is 16.3. The van der Waals surface area contributed by atoms with Gasteiger partial charge in [0.2, 0.25) is 7.37 Å². The van der Waals surface area contributed by atoms with E-state index in [4.69, 9.17) is 0 Å². The lowest BCUT2D eigenvalue weighted by molar-refractivity contribution is -0.138. The second-order valence-corrected chi connectivity index (χ2v) is 8.09. The van der Waals surface area contributed by atoms with E-state index in [0.717, 1.165) is 5.56 Å². The van der Waals surface area contributed by atoms with Crippen LogP contribution in [0.2, 0.25) is 0 Å². The molecule has 0 fully saturated rings. The van der Waals surface area contributed by atoms with Crippen molar-refractivity contribution in [2.24, 2.45) is 0 Å². The molecule has 23 heavy (non-hydrogen) atoms. The lowest BCUT2D eigenvalue weighted by atomic mass is 9.94. The second kappa shape index (κ2) is 7.58. The van der Waals surface area contributed by atoms with E-state index in [2.05, 4.69) is 0 Å². The largest absolute Gasteiger partial charge is 0.481 e. The SMILES string of the molecule is CCC(C(C(=O)O)c1ccccc1)P(=O)(O)Cc1ccccc1. The van der Waals surface area contributed by atoms with Crippen molar-refractivity contribution in [3.8, 4) is 0 Å². The third kappa shape index (κ3) is 4.31. The van der Waals surface area contributed by atoms with E-state index in [1.165, 1.54) is 0 Å². The molecular formula is C18H21O4P. The summed E-state index contributed by atoms with van der Waals surface area (Å²) in [6, 6.07) is 17.7. The molecule has 0 aromatic heterocycles. The number of aliphatic carboxylic acids is 1. The van der Waals surface area contributed by atoms with Gasteiger partial charge >= 0.3 is 5.97 Å². The average molecular weight is 332 g/mol. The highest BCUT2D eigenvalue weighted by atomic mass is 31.2. The third-order valence-electron chi connectivity index (χ3n) is 4.00. The van der Waals surface area contributed by atoms with Crippen molar-refractivity contribution in [3.63, 3.8) is 0 Å². The summed E-state index contributed by atoms with van der Waals surface area (Å²) in [6.45, 7) is 1.76. The van der Waals surface area contributed by atoms with Crippen molar-refractivity contribution in [1.82, 2.24) is 0 Å². The smallest absolute Gasteiger partial charge is 0.311 e. The van der Waals surface area contributed by atoms with Crippen molar-refractivity contribution in [2.75, 3.05) is 0 Å². The highest BCUT2D eigenvalue weighted by Gasteiger charge is 2.40. The Bertz CT molecular complexity index is 685. The van der Waals surface area contributed by atoms with E-state index in [1.54, 1.807) is 49.4 Å². The van der Waals surface area contributed by atoms with Crippen LogP contribution < -0.4 is 0 Å². The molecule has 0 aliphatic heterocycles. The molecule has 0 saturated carbocycles. The van der Waals surface area contributed by atoms with Gasteiger partial charge in [-0.05, 0) is 17.5 Å². The molecule has 122 valence electrons. The highest BCUT2D eigenvalue weighted by molar-refractivity contribution is 7.58. The summed E-state index contributed by atoms with van der Waals surface area (Å²) in [5, 5.41) is 9.63. The minimum absolute atomic E-state index is 0.0110. The fourth-order valence-corrected chi connectivity index (χ4v) is 5.21. The maximum absolute atomic E-state index is 12.9. The first-order chi connectivity index (χ1) is 11.0. The number of hydrogen-bond acceptors (Lipinski definition) is 2. The fraction of sp³-hybridized carbons (Fsp3) is 0.278. The van der Waals surface area contributed by atoms with Gasteiger partial charge in [0.25, 0.3) is 0 Å². The van der Waals surface area contributed by atoms with Gasteiger partial charge in [-0.1, -0.05) is 67.6 Å². The van der Waals surface area contributed by atoms with Gasteiger partial charge in [-0.15, -0.1) is 0 Å². The van der Waals surface area contributed by atoms with Crippen molar-refractivity contribution in [2.45, 2.75) is 31.1 Å². The number of rotatable bonds is 7. The van der Waals surface area contributed by atoms with Gasteiger partial charge in [-0.3, -0.25) is 9.36 Å². The third-order valence-corrected chi connectivity index (χ3v) is 6.52. The number of hydrogen-bond donors (Lipinski definition) is 2. The minimum Gasteiger partial charge on any atom is -0.481 e. The zero-order valence-electron chi connectivity index (χ0n) is 13.0. The van der Waals surface area contributed by atoms with Crippen LogP contribution in [0.1, 0.15) is 30.4 Å². The summed E-state index contributed by atoms with van der Waals surface area (Å²) in [5.41, 5.74) is 0.491. The molecule has 2 rings (SSSR count). The Kier molecular flexibility index (Phi) is 5.75. The fourth-order valence-electron chi connectivity index (χ4n) is 2.91. The molecule has 2 aromatic carbocycles. The number of carboxylic acid groups (broad SMARTS) is 1. The van der Waals surface area contributed by atoms with E-state index in [-0.39, 0.29) is 6.16 Å². The first-order valence-electron chi connectivity index (χ1n) is 7.59. The van der Waals surface area contributed by atoms with Gasteiger partial charge < -0.3 is 10.00 Å². The van der Waals surface area contributed by atoms with Crippen molar-refractivity contribution in [3.05, 3.63) is 71.8 Å². The quantitative estimate of drug-likeness (QED) is 0.749. The lowest BCUT2D eigenvalue weighted by Crippen LogP contribution is -2.26. The van der Waals surface area contributed by atoms with E-state index >= 15 is 0 Å². The van der Waals surface area contributed by atoms with Crippen LogP contribution in [0.4, 0.5) is 0 Å². The first kappa shape index (κ1) is 17.5. The predicted molar refractivity (Wildman–Crippen MR) is 90.9 cm³/mol. The van der Waals surface area contributed by atoms with Crippen LogP contribution in [0.25, 0.3) is 0 Å². The molecule has 2 aromatic rings. The van der Waals surface area contributed by atoms with Crippen LogP contribution in [0.5, 0.6) is 0 Å². The number of carbonyl (C=O) groups is 1. The molecule has 0 saturated heterocycles. The molecular weight excluding hydrogens is 311 g/mol. The lowest BCUT2D eigenvalue weighted by Gasteiger charge is -2.28. The summed E-state index contributed by atoms with van der Waals surface area (Å²) < 4.78 is 12.9. The summed E-state index contributed by atoms with van der Waals surface area (Å²) in [6.07, 6.45) is 0.315. The number of carboxylic acids is 1. The van der Waals surface area contributed by atoms with Crippen LogP contribution >= 0.6 is 7.37 Å². The Morgan fingerprint density at radius 3 is 2.04 bits per heavy atom. The molecule has 4 nitrogen and oxygen atoms in total. The van der Waals surface area contributed by atoms with Crippen molar-refractivity contribution in [1.29, 1.82) is 0 Å². The van der Waals surface area contributed by atoms with E-state index in [1.807, 2.05) is 18.2 Å². The molecule has 0 aliphatic rings. The minimum atomic E-state index is -3.68. The maximum Gasteiger partial charge on any atom is 0.311 e.